The van der Waals surface area contributed by atoms with Gasteiger partial charge in [0, 0.05) is 112 Å². The summed E-state index contributed by atoms with van der Waals surface area (Å²) in [7, 11) is 0. The molecule has 0 saturated carbocycles. The van der Waals surface area contributed by atoms with E-state index in [0.29, 0.717) is 55.9 Å². The second-order valence-electron chi connectivity index (χ2n) is 16.5. The van der Waals surface area contributed by atoms with Crippen LogP contribution in [-0.2, 0) is 0 Å². The van der Waals surface area contributed by atoms with Crippen molar-refractivity contribution in [3.8, 4) is 44.5 Å². The molecule has 0 atom stereocenters. The maximum Gasteiger partial charge on any atom is 0.200 e. The van der Waals surface area contributed by atoms with Gasteiger partial charge in [0.05, 0.1) is 33.9 Å². The van der Waals surface area contributed by atoms with Gasteiger partial charge in [-0.25, -0.2) is 53.9 Å². The third kappa shape index (κ3) is 11.0. The number of hydrogen-bond acceptors (Lipinski definition) is 8. The van der Waals surface area contributed by atoms with Gasteiger partial charge < -0.3 is 15.0 Å². The van der Waals surface area contributed by atoms with Gasteiger partial charge in [0.2, 0.25) is 11.6 Å². The Morgan fingerprint density at radius 1 is 0.329 bits per heavy atom. The first-order chi connectivity index (χ1) is 38.3. The van der Waals surface area contributed by atoms with Crippen LogP contribution in [-0.4, -0.2) is 57.4 Å². The van der Waals surface area contributed by atoms with Gasteiger partial charge in [-0.3, -0.25) is 29.5 Å². The van der Waals surface area contributed by atoms with Crippen molar-refractivity contribution in [3.05, 3.63) is 239 Å². The van der Waals surface area contributed by atoms with Crippen LogP contribution in [0.15, 0.2) is 147 Å². The van der Waals surface area contributed by atoms with Crippen LogP contribution in [0.3, 0.4) is 0 Å². The Labute approximate surface area is 439 Å². The zero-order valence-corrected chi connectivity index (χ0v) is 40.1. The predicted octanol–water partition coefficient (Wildman–Crippen LogP) is 14.3. The first-order valence-electron chi connectivity index (χ1n) is 23.1. The van der Waals surface area contributed by atoms with Crippen molar-refractivity contribution < 1.29 is 53.5 Å². The first-order valence-corrected chi connectivity index (χ1v) is 23.1. The number of carbonyl (C=O) groups excluding carboxylic acids is 2. The molecular formula is C58H33F10N9O2. The molecule has 0 fully saturated rings. The second kappa shape index (κ2) is 23.6. The van der Waals surface area contributed by atoms with E-state index in [4.69, 9.17) is 9.97 Å². The topological polar surface area (TPSA) is 159 Å². The molecule has 2 aliphatic heterocycles. The summed E-state index contributed by atoms with van der Waals surface area (Å²) < 4.78 is 137. The van der Waals surface area contributed by atoms with Gasteiger partial charge in [0.1, 0.15) is 6.29 Å². The highest BCUT2D eigenvalue weighted by molar-refractivity contribution is 6.00. The summed E-state index contributed by atoms with van der Waals surface area (Å²) in [5, 5.41) is 0. The molecule has 2 aromatic carbocycles. The number of fused-ring (bicyclic) bond motifs is 8. The lowest BCUT2D eigenvalue weighted by Crippen LogP contribution is -2.05. The molecule has 21 heteroatoms. The second-order valence-corrected chi connectivity index (χ2v) is 16.5. The molecule has 8 aromatic heterocycles. The lowest BCUT2D eigenvalue weighted by atomic mass is 10.0. The number of aldehydes is 2. The summed E-state index contributed by atoms with van der Waals surface area (Å²) in [5.41, 5.74) is 5.37. The van der Waals surface area contributed by atoms with Gasteiger partial charge in [-0.1, -0.05) is 0 Å². The van der Waals surface area contributed by atoms with Gasteiger partial charge in [0.25, 0.3) is 0 Å². The Morgan fingerprint density at radius 2 is 0.633 bits per heavy atom. The molecule has 0 amide bonds. The molecule has 0 unspecified atom stereocenters. The molecule has 0 spiro atoms. The summed E-state index contributed by atoms with van der Waals surface area (Å²) in [4.78, 5) is 55.7. The van der Waals surface area contributed by atoms with E-state index in [9.17, 15) is 44.7 Å². The molecule has 12 rings (SSSR count). The van der Waals surface area contributed by atoms with E-state index in [0.717, 1.165) is 22.9 Å². The maximum atomic E-state index is 15.7. The number of nitrogens with one attached hydrogen (secondary N) is 3. The van der Waals surface area contributed by atoms with Crippen LogP contribution < -0.4 is 0 Å². The van der Waals surface area contributed by atoms with Gasteiger partial charge >= 0.3 is 0 Å². The number of benzene rings is 2. The number of hydrogen-bond donors (Lipinski definition) is 3. The lowest BCUT2D eigenvalue weighted by molar-refractivity contribution is 0.110. The maximum absolute atomic E-state index is 15.7. The standard InChI is InChI=1S/C41H22F5N7.C7HF5O.C6H5NO.C4H5N/c42-37-36(38(43)40(45)41(46)39(37)44)35-30-7-5-28(52-30)33(22-11-17-48-18-12-22)26-3-1-24(50-26)32(21-9-15-47-16-10-21)25-2-4-27(51-25)34(23-13-19-49-20-14-23)29-6-8-31(35)53-29;8-3-2(1-13)4(9)6(11)7(12)5(3)10;8-5-6-1-3-7-4-2-6;1-2-4-5-3-1/h1-20,50,53H;1H;1-5H;1-5H. The molecule has 2 aliphatic rings. The molecule has 3 N–H and O–H groups in total. The van der Waals surface area contributed by atoms with Crippen LogP contribution >= 0.6 is 0 Å². The largest absolute Gasteiger partial charge is 0.368 e. The third-order valence-electron chi connectivity index (χ3n) is 11.8. The van der Waals surface area contributed by atoms with Crippen molar-refractivity contribution in [2.45, 2.75) is 0 Å². The van der Waals surface area contributed by atoms with E-state index in [2.05, 4.69) is 34.9 Å². The average molecular weight is 1080 g/mol. The summed E-state index contributed by atoms with van der Waals surface area (Å²) in [6.45, 7) is 0. The monoisotopic (exact) mass is 1080 g/mol. The zero-order valence-electron chi connectivity index (χ0n) is 40.1. The summed E-state index contributed by atoms with van der Waals surface area (Å²) >= 11 is 0. The van der Waals surface area contributed by atoms with Gasteiger partial charge in [0.15, 0.2) is 52.8 Å². The molecule has 0 aliphatic carbocycles. The minimum atomic E-state index is -2.28. The first kappa shape index (κ1) is 53.4. The Bertz CT molecular complexity index is 4010. The van der Waals surface area contributed by atoms with Crippen LogP contribution in [0.1, 0.15) is 43.5 Å². The number of halogens is 10. The van der Waals surface area contributed by atoms with Crippen molar-refractivity contribution in [1.82, 2.24) is 44.9 Å². The lowest BCUT2D eigenvalue weighted by Gasteiger charge is -2.10. The van der Waals surface area contributed by atoms with E-state index in [-0.39, 0.29) is 16.8 Å². The fourth-order valence-electron chi connectivity index (χ4n) is 8.20. The van der Waals surface area contributed by atoms with Crippen molar-refractivity contribution >= 4 is 58.9 Å². The van der Waals surface area contributed by atoms with Crippen LogP contribution in [0, 0.1) is 58.2 Å². The summed E-state index contributed by atoms with van der Waals surface area (Å²) in [5.74, 6) is -21.1. The van der Waals surface area contributed by atoms with E-state index < -0.39 is 75.6 Å². The van der Waals surface area contributed by atoms with Crippen molar-refractivity contribution in [3.63, 3.8) is 0 Å². The van der Waals surface area contributed by atoms with Gasteiger partial charge in [-0.2, -0.15) is 0 Å². The smallest absolute Gasteiger partial charge is 0.200 e. The Hall–Kier alpha value is -10.4. The fourth-order valence-corrected chi connectivity index (χ4v) is 8.20. The van der Waals surface area contributed by atoms with Gasteiger partial charge in [-0.15, -0.1) is 0 Å². The SMILES string of the molecule is Fc1c(F)c(F)c(-c2c3nc(c(-c4ccncc4)c4ccc([nH]4)c(-c4ccncc4)c4nc(c(-c5ccncc5)c5ccc2[nH]5)C=C4)C=C3)c(F)c1F.O=Cc1c(F)c(F)c(F)c(F)c1F.O=Cc1ccncc1.c1cc[nH]c1. The number of rotatable bonds is 6. The Kier molecular flexibility index (Phi) is 16.0. The number of aromatic amines is 3. The number of H-pyrrole nitrogens is 3. The highest BCUT2D eigenvalue weighted by Gasteiger charge is 2.30. The van der Waals surface area contributed by atoms with Crippen LogP contribution in [0.25, 0.3) is 90.9 Å². The van der Waals surface area contributed by atoms with E-state index in [1.807, 2.05) is 60.9 Å². The molecular weight excluding hydrogens is 1040 g/mol. The normalized spacial score (nSPS) is 11.2. The van der Waals surface area contributed by atoms with E-state index in [1.54, 1.807) is 98.1 Å². The van der Waals surface area contributed by atoms with Crippen molar-refractivity contribution in [1.29, 1.82) is 0 Å². The van der Waals surface area contributed by atoms with Gasteiger partial charge in [-0.05, 0) is 126 Å². The minimum Gasteiger partial charge on any atom is -0.368 e. The van der Waals surface area contributed by atoms with E-state index >= 15 is 8.78 Å². The molecule has 10 heterocycles. The number of aromatic nitrogens is 9. The number of pyridine rings is 4. The molecule has 0 saturated heterocycles. The molecule has 10 aromatic rings. The third-order valence-corrected chi connectivity index (χ3v) is 11.8. The van der Waals surface area contributed by atoms with Crippen LogP contribution in [0.2, 0.25) is 0 Å². The minimum absolute atomic E-state index is 0.0368. The van der Waals surface area contributed by atoms with E-state index in [1.165, 1.54) is 12.1 Å². The predicted molar refractivity (Wildman–Crippen MR) is 276 cm³/mol. The van der Waals surface area contributed by atoms with Crippen LogP contribution in [0.4, 0.5) is 43.9 Å². The zero-order chi connectivity index (χ0) is 55.7. The number of carbonyl (C=O) groups is 2. The fraction of sp³-hybridized carbons (Fsp3) is 0. The Morgan fingerprint density at radius 3 is 0.937 bits per heavy atom. The molecule has 79 heavy (non-hydrogen) atoms. The molecule has 392 valence electrons. The Balaban J connectivity index is 0.000000237. The average Bonchev–Trinajstić information content (AvgIpc) is 4.47. The molecule has 11 nitrogen and oxygen atoms in total. The highest BCUT2D eigenvalue weighted by atomic mass is 19.2. The highest BCUT2D eigenvalue weighted by Crippen LogP contribution is 2.40. The quantitative estimate of drug-likeness (QED) is 0.0642. The molecule has 0 radical (unpaired) electrons. The summed E-state index contributed by atoms with van der Waals surface area (Å²) in [6, 6.07) is 25.1. The van der Waals surface area contributed by atoms with Crippen LogP contribution in [0.5, 0.6) is 0 Å². The molecule has 8 bridgehead atoms. The summed E-state index contributed by atoms with van der Waals surface area (Å²) in [6.07, 6.45) is 24.0. The number of nitrogens with zero attached hydrogens (tertiary/aromatic N) is 6. The van der Waals surface area contributed by atoms with Crippen molar-refractivity contribution in [2.75, 3.05) is 0 Å². The van der Waals surface area contributed by atoms with Crippen molar-refractivity contribution in [2.24, 2.45) is 0 Å².